The Labute approximate surface area is 106 Å². The van der Waals surface area contributed by atoms with E-state index in [1.807, 2.05) is 0 Å². The van der Waals surface area contributed by atoms with E-state index in [1.165, 1.54) is 45.3 Å². The summed E-state index contributed by atoms with van der Waals surface area (Å²) in [6.07, 6.45) is 5.41. The van der Waals surface area contributed by atoms with Crippen LogP contribution in [0, 0.1) is 5.41 Å². The Morgan fingerprint density at radius 1 is 1.24 bits per heavy atom. The van der Waals surface area contributed by atoms with Gasteiger partial charge in [0.2, 0.25) is 0 Å². The average Bonchev–Trinajstić information content (AvgIpc) is 2.77. The maximum absolute atomic E-state index is 5.67. The Balaban J connectivity index is 1.86. The summed E-state index contributed by atoms with van der Waals surface area (Å²) in [6, 6.07) is 0.578. The molecular weight excluding hydrogens is 212 g/mol. The third kappa shape index (κ3) is 3.94. The van der Waals surface area contributed by atoms with E-state index in [0.717, 1.165) is 19.8 Å². The molecule has 0 radical (unpaired) electrons. The molecule has 1 unspecified atom stereocenters. The molecule has 2 heterocycles. The van der Waals surface area contributed by atoms with Gasteiger partial charge in [-0.15, -0.1) is 0 Å². The molecule has 0 amide bonds. The maximum Gasteiger partial charge on any atom is 0.0547 e. The van der Waals surface area contributed by atoms with E-state index >= 15 is 0 Å². The minimum absolute atomic E-state index is 0.377. The monoisotopic (exact) mass is 240 g/mol. The number of piperidine rings is 1. The van der Waals surface area contributed by atoms with Crippen LogP contribution in [0.3, 0.4) is 0 Å². The first kappa shape index (κ1) is 13.3. The Kier molecular flexibility index (Phi) is 4.83. The largest absolute Gasteiger partial charge is 0.381 e. The van der Waals surface area contributed by atoms with Crippen molar-refractivity contribution in [3.63, 3.8) is 0 Å². The summed E-state index contributed by atoms with van der Waals surface area (Å²) in [7, 11) is 0. The van der Waals surface area contributed by atoms with E-state index in [9.17, 15) is 0 Å². The van der Waals surface area contributed by atoms with Crippen molar-refractivity contribution >= 4 is 0 Å². The van der Waals surface area contributed by atoms with Gasteiger partial charge in [0.25, 0.3) is 0 Å². The number of nitrogens with zero attached hydrogens (tertiary/aromatic N) is 1. The Morgan fingerprint density at radius 2 is 2.00 bits per heavy atom. The van der Waals surface area contributed by atoms with Crippen molar-refractivity contribution in [1.29, 1.82) is 0 Å². The minimum Gasteiger partial charge on any atom is -0.381 e. The fraction of sp³-hybridized carbons (Fsp3) is 1.00. The lowest BCUT2D eigenvalue weighted by Crippen LogP contribution is -2.47. The van der Waals surface area contributed by atoms with Crippen LogP contribution in [0.15, 0.2) is 0 Å². The molecular formula is C14H28N2O. The molecule has 0 aromatic rings. The molecule has 2 aliphatic rings. The third-order valence-electron chi connectivity index (χ3n) is 4.08. The van der Waals surface area contributed by atoms with Gasteiger partial charge < -0.3 is 15.0 Å². The van der Waals surface area contributed by atoms with Crippen molar-refractivity contribution in [2.75, 3.05) is 39.4 Å². The lowest BCUT2D eigenvalue weighted by Gasteiger charge is -2.36. The van der Waals surface area contributed by atoms with Gasteiger partial charge in [-0.25, -0.2) is 0 Å². The highest BCUT2D eigenvalue weighted by Crippen LogP contribution is 2.30. The molecule has 0 aromatic carbocycles. The fourth-order valence-corrected chi connectivity index (χ4v) is 2.98. The summed E-state index contributed by atoms with van der Waals surface area (Å²) in [5, 5.41) is 3.61. The maximum atomic E-state index is 5.67. The first-order chi connectivity index (χ1) is 8.20. The van der Waals surface area contributed by atoms with Crippen molar-refractivity contribution in [1.82, 2.24) is 10.2 Å². The highest BCUT2D eigenvalue weighted by molar-refractivity contribution is 4.89. The van der Waals surface area contributed by atoms with Crippen LogP contribution in [0.5, 0.6) is 0 Å². The zero-order valence-electron chi connectivity index (χ0n) is 11.5. The molecule has 0 bridgehead atoms. The number of hydrogen-bond acceptors (Lipinski definition) is 3. The second-order valence-electron chi connectivity index (χ2n) is 6.17. The predicted molar refractivity (Wildman–Crippen MR) is 71.3 cm³/mol. The molecule has 2 rings (SSSR count). The van der Waals surface area contributed by atoms with E-state index < -0.39 is 0 Å². The van der Waals surface area contributed by atoms with E-state index in [1.54, 1.807) is 0 Å². The zero-order valence-corrected chi connectivity index (χ0v) is 11.5. The molecule has 0 aromatic heterocycles. The van der Waals surface area contributed by atoms with Crippen LogP contribution in [0.25, 0.3) is 0 Å². The van der Waals surface area contributed by atoms with Gasteiger partial charge >= 0.3 is 0 Å². The molecule has 0 spiro atoms. The van der Waals surface area contributed by atoms with Gasteiger partial charge in [0.15, 0.2) is 0 Å². The second-order valence-corrected chi connectivity index (χ2v) is 6.17. The van der Waals surface area contributed by atoms with Crippen molar-refractivity contribution in [2.45, 2.75) is 45.6 Å². The molecule has 2 fully saturated rings. The SMILES string of the molecule is CC(C)NCC1(CN2CCCCC2)CCOC1. The molecule has 2 aliphatic heterocycles. The smallest absolute Gasteiger partial charge is 0.0547 e. The van der Waals surface area contributed by atoms with Crippen LogP contribution in [-0.2, 0) is 4.74 Å². The Morgan fingerprint density at radius 3 is 2.59 bits per heavy atom. The molecule has 3 nitrogen and oxygen atoms in total. The third-order valence-corrected chi connectivity index (χ3v) is 4.08. The highest BCUT2D eigenvalue weighted by Gasteiger charge is 2.36. The standard InChI is InChI=1S/C14H28N2O/c1-13(2)15-10-14(6-9-17-12-14)11-16-7-4-3-5-8-16/h13,15H,3-12H2,1-2H3. The van der Waals surface area contributed by atoms with Crippen LogP contribution in [0.1, 0.15) is 39.5 Å². The van der Waals surface area contributed by atoms with E-state index in [4.69, 9.17) is 4.74 Å². The number of rotatable bonds is 5. The molecule has 0 saturated carbocycles. The number of hydrogen-bond donors (Lipinski definition) is 1. The van der Waals surface area contributed by atoms with Crippen LogP contribution < -0.4 is 5.32 Å². The number of ether oxygens (including phenoxy) is 1. The topological polar surface area (TPSA) is 24.5 Å². The summed E-state index contributed by atoms with van der Waals surface area (Å²) in [5.74, 6) is 0. The van der Waals surface area contributed by atoms with Gasteiger partial charge in [0.1, 0.15) is 0 Å². The fourth-order valence-electron chi connectivity index (χ4n) is 2.98. The normalized spacial score (nSPS) is 31.2. The van der Waals surface area contributed by atoms with Crippen molar-refractivity contribution < 1.29 is 4.74 Å². The molecule has 17 heavy (non-hydrogen) atoms. The number of nitrogens with one attached hydrogen (secondary N) is 1. The average molecular weight is 240 g/mol. The lowest BCUT2D eigenvalue weighted by molar-refractivity contribution is 0.0967. The first-order valence-corrected chi connectivity index (χ1v) is 7.24. The van der Waals surface area contributed by atoms with Crippen molar-refractivity contribution in [3.8, 4) is 0 Å². The van der Waals surface area contributed by atoms with Gasteiger partial charge in [-0.1, -0.05) is 20.3 Å². The zero-order chi connectivity index (χ0) is 12.1. The summed E-state index contributed by atoms with van der Waals surface area (Å²) < 4.78 is 5.67. The van der Waals surface area contributed by atoms with Crippen LogP contribution in [0.4, 0.5) is 0 Å². The van der Waals surface area contributed by atoms with Crippen molar-refractivity contribution in [2.24, 2.45) is 5.41 Å². The summed E-state index contributed by atoms with van der Waals surface area (Å²) in [5.41, 5.74) is 0.377. The number of likely N-dealkylation sites (tertiary alicyclic amines) is 1. The van der Waals surface area contributed by atoms with Crippen LogP contribution in [0.2, 0.25) is 0 Å². The highest BCUT2D eigenvalue weighted by atomic mass is 16.5. The quantitative estimate of drug-likeness (QED) is 0.794. The molecule has 2 saturated heterocycles. The van der Waals surface area contributed by atoms with E-state index in [0.29, 0.717) is 11.5 Å². The molecule has 1 N–H and O–H groups in total. The molecule has 3 heteroatoms. The van der Waals surface area contributed by atoms with E-state index in [2.05, 4.69) is 24.1 Å². The molecule has 1 atom stereocenters. The van der Waals surface area contributed by atoms with Gasteiger partial charge in [0.05, 0.1) is 6.61 Å². The molecule has 0 aliphatic carbocycles. The summed E-state index contributed by atoms with van der Waals surface area (Å²) in [6.45, 7) is 11.3. The van der Waals surface area contributed by atoms with Crippen LogP contribution >= 0.6 is 0 Å². The minimum atomic E-state index is 0.377. The van der Waals surface area contributed by atoms with Gasteiger partial charge in [0, 0.05) is 31.2 Å². The van der Waals surface area contributed by atoms with Crippen LogP contribution in [-0.4, -0.2) is 50.3 Å². The lowest BCUT2D eigenvalue weighted by atomic mass is 9.85. The first-order valence-electron chi connectivity index (χ1n) is 7.24. The van der Waals surface area contributed by atoms with Gasteiger partial charge in [-0.3, -0.25) is 0 Å². The second kappa shape index (κ2) is 6.17. The summed E-state index contributed by atoms with van der Waals surface area (Å²) >= 11 is 0. The van der Waals surface area contributed by atoms with Crippen molar-refractivity contribution in [3.05, 3.63) is 0 Å². The Bertz CT molecular complexity index is 218. The summed E-state index contributed by atoms with van der Waals surface area (Å²) in [4.78, 5) is 2.65. The Hall–Kier alpha value is -0.120. The van der Waals surface area contributed by atoms with E-state index in [-0.39, 0.29) is 0 Å². The van der Waals surface area contributed by atoms with Gasteiger partial charge in [-0.2, -0.15) is 0 Å². The molecule has 100 valence electrons. The van der Waals surface area contributed by atoms with Gasteiger partial charge in [-0.05, 0) is 32.4 Å². The predicted octanol–water partition coefficient (Wildman–Crippen LogP) is 1.88.